The van der Waals surface area contributed by atoms with E-state index < -0.39 is 0 Å². The summed E-state index contributed by atoms with van der Waals surface area (Å²) < 4.78 is 0. The van der Waals surface area contributed by atoms with Crippen LogP contribution in [0.3, 0.4) is 0 Å². The monoisotopic (exact) mass is 202 g/mol. The number of nitrogens with one attached hydrogen (secondary N) is 2. The summed E-state index contributed by atoms with van der Waals surface area (Å²) in [6.45, 7) is 0.548. The second-order valence-corrected chi connectivity index (χ2v) is 3.59. The van der Waals surface area contributed by atoms with Crippen molar-refractivity contribution in [1.29, 1.82) is 0 Å². The average molecular weight is 202 g/mol. The predicted octanol–water partition coefficient (Wildman–Crippen LogP) is 1.22. The molecule has 0 fully saturated rings. The minimum Gasteiger partial charge on any atom is -0.346 e. The van der Waals surface area contributed by atoms with Crippen LogP contribution < -0.4 is 10.2 Å². The summed E-state index contributed by atoms with van der Waals surface area (Å²) in [6.07, 6.45) is 3.63. The first-order valence-corrected chi connectivity index (χ1v) is 4.74. The van der Waals surface area contributed by atoms with Crippen molar-refractivity contribution in [3.63, 3.8) is 0 Å². The minimum absolute atomic E-state index is 0.0730. The lowest BCUT2D eigenvalue weighted by Crippen LogP contribution is -2.41. The fourth-order valence-corrected chi connectivity index (χ4v) is 1.95. The lowest BCUT2D eigenvalue weighted by molar-refractivity contribution is 0.246. The van der Waals surface area contributed by atoms with E-state index in [0.717, 1.165) is 22.3 Å². The Hall–Kier alpha value is -2.04. The summed E-state index contributed by atoms with van der Waals surface area (Å²) in [4.78, 5) is 20.4. The van der Waals surface area contributed by atoms with Gasteiger partial charge in [0.1, 0.15) is 5.65 Å². The second-order valence-electron chi connectivity index (χ2n) is 3.59. The van der Waals surface area contributed by atoms with Crippen LogP contribution in [0, 0.1) is 0 Å². The molecule has 0 spiro atoms. The fraction of sp³-hybridized carbons (Fsp3) is 0.200. The van der Waals surface area contributed by atoms with Gasteiger partial charge in [0.05, 0.1) is 5.69 Å². The molecular weight excluding hydrogens is 192 g/mol. The Labute approximate surface area is 86.1 Å². The molecule has 5 heteroatoms. The topological polar surface area (TPSA) is 61.0 Å². The van der Waals surface area contributed by atoms with Crippen LogP contribution in [0.15, 0.2) is 18.5 Å². The minimum atomic E-state index is -0.0730. The van der Waals surface area contributed by atoms with Crippen molar-refractivity contribution in [2.24, 2.45) is 0 Å². The number of anilines is 1. The first-order chi connectivity index (χ1) is 7.27. The van der Waals surface area contributed by atoms with Gasteiger partial charge in [-0.3, -0.25) is 4.90 Å². The Kier molecular flexibility index (Phi) is 1.50. The third kappa shape index (κ3) is 1.03. The average Bonchev–Trinajstić information content (AvgIpc) is 2.70. The van der Waals surface area contributed by atoms with Crippen molar-refractivity contribution < 1.29 is 4.79 Å². The maximum absolute atomic E-state index is 11.5. The van der Waals surface area contributed by atoms with Gasteiger partial charge in [-0.05, 0) is 6.07 Å². The van der Waals surface area contributed by atoms with Crippen LogP contribution in [-0.4, -0.2) is 23.0 Å². The molecule has 1 aliphatic heterocycles. The molecule has 3 rings (SSSR count). The number of aromatic nitrogens is 2. The molecule has 0 aliphatic carbocycles. The van der Waals surface area contributed by atoms with Gasteiger partial charge in [-0.15, -0.1) is 0 Å². The first kappa shape index (κ1) is 8.28. The van der Waals surface area contributed by atoms with E-state index in [2.05, 4.69) is 15.3 Å². The highest BCUT2D eigenvalue weighted by molar-refractivity contribution is 6.03. The van der Waals surface area contributed by atoms with E-state index in [0.29, 0.717) is 6.54 Å². The van der Waals surface area contributed by atoms with Crippen LogP contribution in [0.1, 0.15) is 5.56 Å². The number of hydrogen-bond donors (Lipinski definition) is 2. The Balaban J connectivity index is 2.35. The maximum atomic E-state index is 11.5. The van der Waals surface area contributed by atoms with Gasteiger partial charge in [0.15, 0.2) is 0 Å². The van der Waals surface area contributed by atoms with E-state index in [1.54, 1.807) is 18.1 Å². The molecular formula is C10H10N4O. The van der Waals surface area contributed by atoms with E-state index in [1.807, 2.05) is 12.3 Å². The Morgan fingerprint density at radius 2 is 2.40 bits per heavy atom. The number of aromatic amines is 1. The van der Waals surface area contributed by atoms with E-state index >= 15 is 0 Å². The van der Waals surface area contributed by atoms with Crippen LogP contribution in [0.2, 0.25) is 0 Å². The molecule has 0 atom stereocenters. The SMILES string of the molecule is CN1C(=O)NCc2cnc3[nH]ccc3c21. The van der Waals surface area contributed by atoms with Gasteiger partial charge in [-0.25, -0.2) is 9.78 Å². The van der Waals surface area contributed by atoms with Crippen LogP contribution >= 0.6 is 0 Å². The number of fused-ring (bicyclic) bond motifs is 3. The highest BCUT2D eigenvalue weighted by Crippen LogP contribution is 2.30. The number of carbonyl (C=O) groups is 1. The fourth-order valence-electron chi connectivity index (χ4n) is 1.95. The third-order valence-corrected chi connectivity index (χ3v) is 2.70. The Morgan fingerprint density at radius 3 is 3.27 bits per heavy atom. The molecule has 15 heavy (non-hydrogen) atoms. The van der Waals surface area contributed by atoms with Gasteiger partial charge in [0, 0.05) is 36.9 Å². The number of urea groups is 1. The second kappa shape index (κ2) is 2.73. The number of hydrogen-bond acceptors (Lipinski definition) is 2. The number of carbonyl (C=O) groups excluding carboxylic acids is 1. The number of pyridine rings is 1. The molecule has 0 saturated carbocycles. The van der Waals surface area contributed by atoms with Gasteiger partial charge in [-0.1, -0.05) is 0 Å². The summed E-state index contributed by atoms with van der Waals surface area (Å²) >= 11 is 0. The van der Waals surface area contributed by atoms with Gasteiger partial charge < -0.3 is 10.3 Å². The largest absolute Gasteiger partial charge is 0.346 e. The molecule has 5 nitrogen and oxygen atoms in total. The van der Waals surface area contributed by atoms with Crippen LogP contribution in [0.4, 0.5) is 10.5 Å². The predicted molar refractivity (Wildman–Crippen MR) is 56.7 cm³/mol. The quantitative estimate of drug-likeness (QED) is 0.674. The lowest BCUT2D eigenvalue weighted by atomic mass is 10.1. The summed E-state index contributed by atoms with van der Waals surface area (Å²) in [5.74, 6) is 0. The number of rotatable bonds is 0. The van der Waals surface area contributed by atoms with E-state index in [4.69, 9.17) is 0 Å². The molecule has 0 saturated heterocycles. The van der Waals surface area contributed by atoms with Gasteiger partial charge in [0.2, 0.25) is 0 Å². The zero-order chi connectivity index (χ0) is 10.4. The molecule has 2 N–H and O–H groups in total. The number of nitrogens with zero attached hydrogens (tertiary/aromatic N) is 2. The molecule has 2 aromatic heterocycles. The van der Waals surface area contributed by atoms with Gasteiger partial charge in [-0.2, -0.15) is 0 Å². The molecule has 3 heterocycles. The van der Waals surface area contributed by atoms with E-state index in [1.165, 1.54) is 0 Å². The highest BCUT2D eigenvalue weighted by atomic mass is 16.2. The van der Waals surface area contributed by atoms with Crippen molar-refractivity contribution in [3.8, 4) is 0 Å². The molecule has 0 bridgehead atoms. The number of H-pyrrole nitrogens is 1. The summed E-state index contributed by atoms with van der Waals surface area (Å²) in [5.41, 5.74) is 2.81. The standard InChI is InChI=1S/C10H10N4O/c1-14-8-6(5-13-10(14)15)4-12-9-7(8)2-3-11-9/h2-4H,5H2,1H3,(H,11,12)(H,13,15). The van der Waals surface area contributed by atoms with Crippen molar-refractivity contribution in [1.82, 2.24) is 15.3 Å². The molecule has 0 aromatic carbocycles. The van der Waals surface area contributed by atoms with Crippen molar-refractivity contribution in [3.05, 3.63) is 24.0 Å². The summed E-state index contributed by atoms with van der Waals surface area (Å²) in [6, 6.07) is 1.87. The molecule has 76 valence electrons. The van der Waals surface area contributed by atoms with Crippen LogP contribution in [-0.2, 0) is 6.54 Å². The van der Waals surface area contributed by atoms with Crippen molar-refractivity contribution in [2.75, 3.05) is 11.9 Å². The smallest absolute Gasteiger partial charge is 0.321 e. The molecule has 1 aliphatic rings. The zero-order valence-electron chi connectivity index (χ0n) is 8.24. The number of amides is 2. The molecule has 2 amide bonds. The third-order valence-electron chi connectivity index (χ3n) is 2.70. The Bertz CT molecular complexity index is 545. The Morgan fingerprint density at radius 1 is 1.53 bits per heavy atom. The van der Waals surface area contributed by atoms with Crippen LogP contribution in [0.5, 0.6) is 0 Å². The zero-order valence-corrected chi connectivity index (χ0v) is 8.24. The summed E-state index contributed by atoms with van der Waals surface area (Å²) in [5, 5.41) is 3.77. The van der Waals surface area contributed by atoms with Crippen LogP contribution in [0.25, 0.3) is 11.0 Å². The van der Waals surface area contributed by atoms with Gasteiger partial charge in [0.25, 0.3) is 0 Å². The molecule has 2 aromatic rings. The molecule has 0 unspecified atom stereocenters. The molecule has 0 radical (unpaired) electrons. The normalized spacial score (nSPS) is 15.3. The lowest BCUT2D eigenvalue weighted by Gasteiger charge is -2.26. The maximum Gasteiger partial charge on any atom is 0.321 e. The van der Waals surface area contributed by atoms with E-state index in [9.17, 15) is 4.79 Å². The van der Waals surface area contributed by atoms with E-state index in [-0.39, 0.29) is 6.03 Å². The highest BCUT2D eigenvalue weighted by Gasteiger charge is 2.23. The van der Waals surface area contributed by atoms with Gasteiger partial charge >= 0.3 is 6.03 Å². The van der Waals surface area contributed by atoms with Crippen molar-refractivity contribution in [2.45, 2.75) is 6.54 Å². The first-order valence-electron chi connectivity index (χ1n) is 4.74. The van der Waals surface area contributed by atoms with Crippen molar-refractivity contribution >= 4 is 22.8 Å². The summed E-state index contributed by atoms with van der Waals surface area (Å²) in [7, 11) is 1.76.